The number of fused-ring (bicyclic) bond motifs is 6. The molecule has 256 valence electrons. The van der Waals surface area contributed by atoms with Gasteiger partial charge in [0.2, 0.25) is 0 Å². The summed E-state index contributed by atoms with van der Waals surface area (Å²) in [5.74, 6) is 2.97. The zero-order valence-electron chi connectivity index (χ0n) is 29.9. The monoisotopic (exact) mass is 666 g/mol. The van der Waals surface area contributed by atoms with Gasteiger partial charge in [-0.3, -0.25) is 4.90 Å². The van der Waals surface area contributed by atoms with Gasteiger partial charge in [-0.15, -0.1) is 0 Å². The highest BCUT2D eigenvalue weighted by Gasteiger charge is 2.51. The molecule has 7 aliphatic rings. The Bertz CT molecular complexity index is 2110. The zero-order chi connectivity index (χ0) is 33.9. The minimum absolute atomic E-state index is 0.389. The van der Waals surface area contributed by atoms with E-state index in [1.54, 1.807) is 11.1 Å². The third kappa shape index (κ3) is 5.32. The Morgan fingerprint density at radius 2 is 1.63 bits per heavy atom. The molecule has 9 atom stereocenters. The van der Waals surface area contributed by atoms with Crippen molar-refractivity contribution in [1.29, 1.82) is 0 Å². The van der Waals surface area contributed by atoms with Crippen LogP contribution in [0.15, 0.2) is 151 Å². The minimum Gasteiger partial charge on any atom is -0.313 e. The van der Waals surface area contributed by atoms with Crippen LogP contribution in [-0.4, -0.2) is 27.6 Å². The molecule has 1 saturated heterocycles. The normalized spacial score (nSPS) is 33.6. The van der Waals surface area contributed by atoms with Gasteiger partial charge < -0.3 is 4.57 Å². The Morgan fingerprint density at radius 1 is 0.725 bits per heavy atom. The molecular formula is C49H50N2. The second-order valence-electron chi connectivity index (χ2n) is 16.1. The van der Waals surface area contributed by atoms with Crippen LogP contribution in [0.5, 0.6) is 0 Å². The molecule has 0 N–H and O–H groups in total. The van der Waals surface area contributed by atoms with Crippen LogP contribution in [0.3, 0.4) is 0 Å². The fourth-order valence-electron chi connectivity index (χ4n) is 10.9. The first kappa shape index (κ1) is 31.3. The van der Waals surface area contributed by atoms with E-state index in [0.29, 0.717) is 53.6 Å². The van der Waals surface area contributed by atoms with Crippen molar-refractivity contribution in [3.63, 3.8) is 0 Å². The van der Waals surface area contributed by atoms with E-state index in [4.69, 9.17) is 0 Å². The summed E-state index contributed by atoms with van der Waals surface area (Å²) in [4.78, 5) is 3.01. The standard InChI is InChI=1S/C49H50N2/c1-33-43(35-17-7-3-8-18-35)30-38(34-15-5-2-6-16-34)32-48(33)51-46-24-14-11-21-40(46)42-27-25-37(31-49(42)51)36-26-28-47-44(29-36)41-22-12-13-23-45(41)50(47)39-19-9-4-10-20-39/h3-5,7-12,14-15,17,19-22,24-30,32-35,37,40,42,46,48-49H,2,6,13,16,18,23,31H2,1H3. The number of benzene rings is 2. The van der Waals surface area contributed by atoms with Crippen molar-refractivity contribution in [2.45, 2.75) is 75.9 Å². The summed E-state index contributed by atoms with van der Waals surface area (Å²) in [5, 5.41) is 1.40. The molecule has 2 heterocycles. The summed E-state index contributed by atoms with van der Waals surface area (Å²) in [7, 11) is 0. The van der Waals surface area contributed by atoms with Crippen molar-refractivity contribution in [1.82, 2.24) is 9.47 Å². The summed E-state index contributed by atoms with van der Waals surface area (Å²) >= 11 is 0. The van der Waals surface area contributed by atoms with Crippen molar-refractivity contribution in [2.75, 3.05) is 0 Å². The van der Waals surface area contributed by atoms with Gasteiger partial charge in [-0.1, -0.05) is 134 Å². The molecule has 3 aromatic rings. The highest BCUT2D eigenvalue weighted by Crippen LogP contribution is 2.51. The van der Waals surface area contributed by atoms with E-state index in [9.17, 15) is 0 Å². The number of rotatable bonds is 5. The van der Waals surface area contributed by atoms with E-state index in [0.717, 1.165) is 19.3 Å². The van der Waals surface area contributed by atoms with Crippen molar-refractivity contribution >= 4 is 17.0 Å². The van der Waals surface area contributed by atoms with Crippen molar-refractivity contribution in [3.8, 4) is 5.69 Å². The topological polar surface area (TPSA) is 8.17 Å². The maximum absolute atomic E-state index is 3.01. The summed E-state index contributed by atoms with van der Waals surface area (Å²) in [6.45, 7) is 2.54. The van der Waals surface area contributed by atoms with Gasteiger partial charge in [-0.05, 0) is 86.3 Å². The molecule has 6 aliphatic carbocycles. The lowest BCUT2D eigenvalue weighted by atomic mass is 9.73. The number of hydrogen-bond donors (Lipinski definition) is 0. The third-order valence-electron chi connectivity index (χ3n) is 13.4. The van der Waals surface area contributed by atoms with Gasteiger partial charge in [0.25, 0.3) is 0 Å². The Morgan fingerprint density at radius 3 is 2.49 bits per heavy atom. The molecule has 2 heteroatoms. The molecule has 0 amide bonds. The van der Waals surface area contributed by atoms with Crippen molar-refractivity contribution in [2.24, 2.45) is 29.6 Å². The molecule has 51 heavy (non-hydrogen) atoms. The van der Waals surface area contributed by atoms with Crippen LogP contribution in [0.1, 0.15) is 68.2 Å². The molecule has 1 fully saturated rings. The van der Waals surface area contributed by atoms with Gasteiger partial charge in [-0.25, -0.2) is 0 Å². The van der Waals surface area contributed by atoms with Gasteiger partial charge >= 0.3 is 0 Å². The first-order chi connectivity index (χ1) is 25.2. The van der Waals surface area contributed by atoms with Crippen molar-refractivity contribution in [3.05, 3.63) is 168 Å². The molecule has 10 rings (SSSR count). The second kappa shape index (κ2) is 13.0. The number of para-hydroxylation sites is 1. The Balaban J connectivity index is 1.03. The van der Waals surface area contributed by atoms with E-state index in [-0.39, 0.29) is 0 Å². The summed E-state index contributed by atoms with van der Waals surface area (Å²) in [6, 6.07) is 19.7. The number of likely N-dealkylation sites (tertiary alicyclic amines) is 1. The number of hydrogen-bond acceptors (Lipinski definition) is 1. The van der Waals surface area contributed by atoms with Crippen LogP contribution in [-0.2, 0) is 6.42 Å². The molecular weight excluding hydrogens is 617 g/mol. The molecule has 9 unspecified atom stereocenters. The average molecular weight is 667 g/mol. The van der Waals surface area contributed by atoms with Crippen molar-refractivity contribution < 1.29 is 0 Å². The molecule has 1 aliphatic heterocycles. The van der Waals surface area contributed by atoms with E-state index >= 15 is 0 Å². The molecule has 0 bridgehead atoms. The Hall–Kier alpha value is -4.40. The van der Waals surface area contributed by atoms with Crippen LogP contribution >= 0.6 is 0 Å². The van der Waals surface area contributed by atoms with Crippen LogP contribution in [0.2, 0.25) is 0 Å². The highest BCUT2D eigenvalue weighted by molar-refractivity contribution is 5.94. The van der Waals surface area contributed by atoms with Crippen LogP contribution in [0.4, 0.5) is 0 Å². The predicted molar refractivity (Wildman–Crippen MR) is 214 cm³/mol. The molecule has 2 aromatic carbocycles. The smallest absolute Gasteiger partial charge is 0.0537 e. The summed E-state index contributed by atoms with van der Waals surface area (Å²) in [6.07, 6.45) is 47.6. The van der Waals surface area contributed by atoms with Crippen LogP contribution < -0.4 is 0 Å². The fraction of sp³-hybridized carbons (Fsp3) is 0.347. The lowest BCUT2D eigenvalue weighted by Crippen LogP contribution is -2.49. The van der Waals surface area contributed by atoms with E-state index in [1.165, 1.54) is 59.1 Å². The first-order valence-corrected chi connectivity index (χ1v) is 19.9. The maximum Gasteiger partial charge on any atom is 0.0537 e. The first-order valence-electron chi connectivity index (χ1n) is 19.9. The van der Waals surface area contributed by atoms with Gasteiger partial charge in [-0.2, -0.15) is 0 Å². The quantitative estimate of drug-likeness (QED) is 0.246. The minimum atomic E-state index is 0.389. The number of nitrogens with zero attached hydrogens (tertiary/aromatic N) is 2. The number of allylic oxidation sites excluding steroid dienone is 12. The van der Waals surface area contributed by atoms with E-state index in [1.807, 2.05) is 0 Å². The molecule has 1 aromatic heterocycles. The predicted octanol–water partition coefficient (Wildman–Crippen LogP) is 11.4. The van der Waals surface area contributed by atoms with E-state index in [2.05, 4.69) is 162 Å². The summed E-state index contributed by atoms with van der Waals surface area (Å²) in [5.41, 5.74) is 10.1. The Kier molecular flexibility index (Phi) is 7.98. The summed E-state index contributed by atoms with van der Waals surface area (Å²) < 4.78 is 2.52. The Labute approximate surface area is 304 Å². The van der Waals surface area contributed by atoms with Crippen LogP contribution in [0, 0.1) is 29.6 Å². The molecule has 0 spiro atoms. The fourth-order valence-corrected chi connectivity index (χ4v) is 10.9. The molecule has 0 saturated carbocycles. The van der Waals surface area contributed by atoms with Gasteiger partial charge in [0.1, 0.15) is 0 Å². The largest absolute Gasteiger partial charge is 0.313 e. The maximum atomic E-state index is 3.01. The van der Waals surface area contributed by atoms with E-state index < -0.39 is 0 Å². The third-order valence-corrected chi connectivity index (χ3v) is 13.4. The lowest BCUT2D eigenvalue weighted by molar-refractivity contribution is 0.125. The second-order valence-corrected chi connectivity index (χ2v) is 16.1. The number of aromatic nitrogens is 1. The van der Waals surface area contributed by atoms with Gasteiger partial charge in [0, 0.05) is 70.0 Å². The zero-order valence-corrected chi connectivity index (χ0v) is 29.9. The SMILES string of the molecule is CC1C(C2C=CC=CC2)=CC(C2C=CCCC2)=CC1N1C2C=CC=CC2C2C=CC(c3ccc4c(c3)c3c(n4-c4ccccc4)CCC=C3)CC21. The van der Waals surface area contributed by atoms with Crippen LogP contribution in [0.25, 0.3) is 22.7 Å². The molecule has 2 nitrogen and oxygen atoms in total. The van der Waals surface area contributed by atoms with Gasteiger partial charge in [0.15, 0.2) is 0 Å². The average Bonchev–Trinajstić information content (AvgIpc) is 3.71. The lowest BCUT2D eigenvalue weighted by Gasteiger charge is -2.45. The van der Waals surface area contributed by atoms with Gasteiger partial charge in [0.05, 0.1) is 5.52 Å². The molecule has 0 radical (unpaired) electrons. The highest BCUT2D eigenvalue weighted by atomic mass is 15.3.